The monoisotopic (exact) mass is 420 g/mol. The van der Waals surface area contributed by atoms with E-state index in [1.165, 1.54) is 6.07 Å². The van der Waals surface area contributed by atoms with Gasteiger partial charge in [0.2, 0.25) is 11.8 Å². The van der Waals surface area contributed by atoms with E-state index in [-0.39, 0.29) is 24.8 Å². The first-order chi connectivity index (χ1) is 15.0. The average molecular weight is 420 g/mol. The number of nitrogens with zero attached hydrogens (tertiary/aromatic N) is 1. The molecule has 2 amide bonds. The number of carbonyl (C=O) groups is 2. The van der Waals surface area contributed by atoms with Crippen molar-refractivity contribution in [3.63, 3.8) is 0 Å². The van der Waals surface area contributed by atoms with E-state index in [0.717, 1.165) is 10.9 Å². The highest BCUT2D eigenvalue weighted by Gasteiger charge is 2.35. The second-order valence-electron chi connectivity index (χ2n) is 7.68. The number of rotatable bonds is 3. The Hall–Kier alpha value is -3.81. The van der Waals surface area contributed by atoms with Crippen LogP contribution in [0.5, 0.6) is 11.5 Å². The highest BCUT2D eigenvalue weighted by molar-refractivity contribution is 6.04. The lowest BCUT2D eigenvalue weighted by atomic mass is 10.1. The molecule has 0 radical (unpaired) electrons. The maximum atomic E-state index is 12.8. The lowest BCUT2D eigenvalue weighted by molar-refractivity contribution is -0.122. The van der Waals surface area contributed by atoms with Crippen LogP contribution in [0.15, 0.2) is 51.7 Å². The van der Waals surface area contributed by atoms with Crippen molar-refractivity contribution in [1.82, 2.24) is 0 Å². The van der Waals surface area contributed by atoms with Crippen molar-refractivity contribution in [2.24, 2.45) is 5.92 Å². The SMILES string of the molecule is Cc1cc(=O)oc2cc(NC(=O)C3CC(=O)N(c4ccc5c(c4)OCCO5)C3)ccc12. The van der Waals surface area contributed by atoms with Gasteiger partial charge in [-0.05, 0) is 36.8 Å². The van der Waals surface area contributed by atoms with Crippen LogP contribution < -0.4 is 25.3 Å². The number of anilines is 2. The van der Waals surface area contributed by atoms with Crippen LogP contribution >= 0.6 is 0 Å². The van der Waals surface area contributed by atoms with Gasteiger partial charge in [-0.2, -0.15) is 0 Å². The number of hydrogen-bond donors (Lipinski definition) is 1. The molecular weight excluding hydrogens is 400 g/mol. The maximum Gasteiger partial charge on any atom is 0.336 e. The second-order valence-corrected chi connectivity index (χ2v) is 7.68. The molecule has 3 aromatic rings. The number of amides is 2. The van der Waals surface area contributed by atoms with Crippen LogP contribution in [0.4, 0.5) is 11.4 Å². The fourth-order valence-corrected chi connectivity index (χ4v) is 3.98. The van der Waals surface area contributed by atoms with Crippen molar-refractivity contribution in [2.45, 2.75) is 13.3 Å². The summed E-state index contributed by atoms with van der Waals surface area (Å²) >= 11 is 0. The van der Waals surface area contributed by atoms with E-state index in [4.69, 9.17) is 13.9 Å². The highest BCUT2D eigenvalue weighted by atomic mass is 16.6. The molecule has 1 aromatic heterocycles. The smallest absolute Gasteiger partial charge is 0.336 e. The first-order valence-corrected chi connectivity index (χ1v) is 10.0. The number of hydrogen-bond acceptors (Lipinski definition) is 6. The van der Waals surface area contributed by atoms with Gasteiger partial charge in [0.25, 0.3) is 0 Å². The number of nitrogens with one attached hydrogen (secondary N) is 1. The summed E-state index contributed by atoms with van der Waals surface area (Å²) in [7, 11) is 0. The van der Waals surface area contributed by atoms with Crippen molar-refractivity contribution < 1.29 is 23.5 Å². The molecule has 0 saturated carbocycles. The molecule has 8 nitrogen and oxygen atoms in total. The molecule has 2 aromatic carbocycles. The first kappa shape index (κ1) is 19.2. The van der Waals surface area contributed by atoms with Crippen molar-refractivity contribution in [3.8, 4) is 11.5 Å². The van der Waals surface area contributed by atoms with Gasteiger partial charge in [-0.15, -0.1) is 0 Å². The molecule has 0 bridgehead atoms. The fraction of sp³-hybridized carbons (Fsp3) is 0.261. The zero-order valence-corrected chi connectivity index (χ0v) is 16.8. The van der Waals surface area contributed by atoms with Crippen molar-refractivity contribution in [2.75, 3.05) is 30.0 Å². The Morgan fingerprint density at radius 3 is 2.68 bits per heavy atom. The molecular formula is C23H20N2O6. The summed E-state index contributed by atoms with van der Waals surface area (Å²) in [5.74, 6) is 0.354. The van der Waals surface area contributed by atoms with Crippen LogP contribution in [-0.2, 0) is 9.59 Å². The van der Waals surface area contributed by atoms with Gasteiger partial charge < -0.3 is 24.1 Å². The van der Waals surface area contributed by atoms with E-state index < -0.39 is 11.5 Å². The van der Waals surface area contributed by atoms with Gasteiger partial charge in [0.1, 0.15) is 18.8 Å². The molecule has 1 saturated heterocycles. The average Bonchev–Trinajstić information content (AvgIpc) is 3.15. The first-order valence-electron chi connectivity index (χ1n) is 10.0. The Balaban J connectivity index is 1.32. The van der Waals surface area contributed by atoms with Gasteiger partial charge in [0, 0.05) is 47.9 Å². The molecule has 5 rings (SSSR count). The maximum absolute atomic E-state index is 12.8. The third-order valence-corrected chi connectivity index (χ3v) is 5.55. The number of aryl methyl sites for hydroxylation is 1. The van der Waals surface area contributed by atoms with E-state index in [1.54, 1.807) is 41.3 Å². The third kappa shape index (κ3) is 3.61. The van der Waals surface area contributed by atoms with Crippen LogP contribution in [0.25, 0.3) is 11.0 Å². The van der Waals surface area contributed by atoms with Crippen LogP contribution in [0.2, 0.25) is 0 Å². The van der Waals surface area contributed by atoms with E-state index in [0.29, 0.717) is 41.7 Å². The third-order valence-electron chi connectivity index (χ3n) is 5.55. The van der Waals surface area contributed by atoms with Gasteiger partial charge in [0.15, 0.2) is 11.5 Å². The normalized spacial score (nSPS) is 17.8. The van der Waals surface area contributed by atoms with Crippen LogP contribution in [0.3, 0.4) is 0 Å². The van der Waals surface area contributed by atoms with Gasteiger partial charge in [-0.1, -0.05) is 0 Å². The minimum atomic E-state index is -0.499. The van der Waals surface area contributed by atoms with E-state index in [1.807, 2.05) is 6.92 Å². The largest absolute Gasteiger partial charge is 0.486 e. The molecule has 1 atom stereocenters. The van der Waals surface area contributed by atoms with Crippen molar-refractivity contribution in [1.29, 1.82) is 0 Å². The van der Waals surface area contributed by atoms with Gasteiger partial charge in [-0.3, -0.25) is 9.59 Å². The van der Waals surface area contributed by atoms with Crippen molar-refractivity contribution in [3.05, 3.63) is 58.4 Å². The Morgan fingerprint density at radius 1 is 1.03 bits per heavy atom. The molecule has 8 heteroatoms. The van der Waals surface area contributed by atoms with Gasteiger partial charge >= 0.3 is 5.63 Å². The summed E-state index contributed by atoms with van der Waals surface area (Å²) in [4.78, 5) is 38.6. The summed E-state index contributed by atoms with van der Waals surface area (Å²) in [6.45, 7) is 3.05. The summed E-state index contributed by atoms with van der Waals surface area (Å²) in [5, 5.41) is 3.64. The van der Waals surface area contributed by atoms with Gasteiger partial charge in [0.05, 0.1) is 5.92 Å². The molecule has 3 heterocycles. The fourth-order valence-electron chi connectivity index (χ4n) is 3.98. The minimum absolute atomic E-state index is 0.113. The molecule has 0 aliphatic carbocycles. The topological polar surface area (TPSA) is 98.1 Å². The molecule has 1 fully saturated rings. The lowest BCUT2D eigenvalue weighted by Crippen LogP contribution is -2.28. The molecule has 1 N–H and O–H groups in total. The highest BCUT2D eigenvalue weighted by Crippen LogP contribution is 2.36. The predicted molar refractivity (Wildman–Crippen MR) is 114 cm³/mol. The number of carbonyl (C=O) groups excluding carboxylic acids is 2. The predicted octanol–water partition coefficient (Wildman–Crippen LogP) is 2.86. The zero-order chi connectivity index (χ0) is 21.5. The van der Waals surface area contributed by atoms with Gasteiger partial charge in [-0.25, -0.2) is 4.79 Å². The summed E-state index contributed by atoms with van der Waals surface area (Å²) in [5.41, 5.74) is 1.96. The minimum Gasteiger partial charge on any atom is -0.486 e. The quantitative estimate of drug-likeness (QED) is 0.655. The second kappa shape index (κ2) is 7.46. The molecule has 2 aliphatic heterocycles. The Bertz CT molecular complexity index is 1260. The number of ether oxygens (including phenoxy) is 2. The van der Waals surface area contributed by atoms with Crippen LogP contribution in [0, 0.1) is 12.8 Å². The Morgan fingerprint density at radius 2 is 1.84 bits per heavy atom. The summed E-state index contributed by atoms with van der Waals surface area (Å²) in [6.07, 6.45) is 0.113. The molecule has 2 aliphatic rings. The molecule has 0 spiro atoms. The Kier molecular flexibility index (Phi) is 4.62. The lowest BCUT2D eigenvalue weighted by Gasteiger charge is -2.22. The molecule has 1 unspecified atom stereocenters. The summed E-state index contributed by atoms with van der Waals surface area (Å²) < 4.78 is 16.3. The van der Waals surface area contributed by atoms with Crippen LogP contribution in [-0.4, -0.2) is 31.6 Å². The van der Waals surface area contributed by atoms with Crippen molar-refractivity contribution >= 4 is 34.2 Å². The van der Waals surface area contributed by atoms with Crippen LogP contribution in [0.1, 0.15) is 12.0 Å². The zero-order valence-electron chi connectivity index (χ0n) is 16.8. The van der Waals surface area contributed by atoms with E-state index in [9.17, 15) is 14.4 Å². The molecule has 31 heavy (non-hydrogen) atoms. The van der Waals surface area contributed by atoms with E-state index >= 15 is 0 Å². The number of fused-ring (bicyclic) bond motifs is 2. The standard InChI is InChI=1S/C23H20N2O6/c1-13-8-22(27)31-19-10-15(2-4-17(13)19)24-23(28)14-9-21(26)25(12-14)16-3-5-18-20(11-16)30-7-6-29-18/h2-5,8,10-11,14H,6-7,9,12H2,1H3,(H,24,28). The molecule has 158 valence electrons. The Labute approximate surface area is 177 Å². The van der Waals surface area contributed by atoms with E-state index in [2.05, 4.69) is 5.32 Å². The number of benzene rings is 2. The summed E-state index contributed by atoms with van der Waals surface area (Å²) in [6, 6.07) is 11.9.